The largest absolute Gasteiger partial charge is 0.453 e. The van der Waals surface area contributed by atoms with E-state index in [2.05, 4.69) is 11.9 Å². The minimum atomic E-state index is -0.200. The molecule has 0 fully saturated rings. The van der Waals surface area contributed by atoms with E-state index in [1.54, 1.807) is 24.7 Å². The average molecular weight is 256 g/mol. The van der Waals surface area contributed by atoms with Crippen molar-refractivity contribution < 1.29 is 4.42 Å². The van der Waals surface area contributed by atoms with Crippen molar-refractivity contribution in [3.05, 3.63) is 53.2 Å². The molecule has 2 unspecified atom stereocenters. The molecule has 0 spiro atoms. The molecule has 16 heavy (non-hydrogen) atoms. The second kappa shape index (κ2) is 4.89. The normalized spacial score (nSPS) is 14.7. The van der Waals surface area contributed by atoms with E-state index in [1.165, 1.54) is 0 Å². The Bertz CT molecular complexity index is 455. The van der Waals surface area contributed by atoms with Gasteiger partial charge >= 0.3 is 0 Å². The Morgan fingerprint density at radius 1 is 1.25 bits per heavy atom. The Hall–Kier alpha value is -0.990. The maximum atomic E-state index is 6.37. The summed E-state index contributed by atoms with van der Waals surface area (Å²) in [6, 6.07) is 5.71. The van der Waals surface area contributed by atoms with Crippen LogP contribution in [0.3, 0.4) is 0 Å². The smallest absolute Gasteiger partial charge is 0.197 e. The number of hydrogen-bond donors (Lipinski definition) is 0. The van der Waals surface area contributed by atoms with Gasteiger partial charge < -0.3 is 4.42 Å². The third-order valence-corrected chi connectivity index (χ3v) is 3.53. The van der Waals surface area contributed by atoms with E-state index in [0.29, 0.717) is 5.22 Å². The van der Waals surface area contributed by atoms with Crippen molar-refractivity contribution in [3.8, 4) is 0 Å². The number of nitrogens with zero attached hydrogens (tertiary/aromatic N) is 1. The van der Waals surface area contributed by atoms with Crippen LogP contribution < -0.4 is 0 Å². The third kappa shape index (κ3) is 2.23. The van der Waals surface area contributed by atoms with E-state index in [-0.39, 0.29) is 11.3 Å². The van der Waals surface area contributed by atoms with Gasteiger partial charge in [0.2, 0.25) is 0 Å². The van der Waals surface area contributed by atoms with Crippen molar-refractivity contribution in [2.45, 2.75) is 18.2 Å². The Kier molecular flexibility index (Phi) is 3.52. The topological polar surface area (TPSA) is 26.0 Å². The number of aromatic nitrogens is 1. The molecule has 2 heterocycles. The molecule has 0 aliphatic rings. The summed E-state index contributed by atoms with van der Waals surface area (Å²) in [5.74, 6) is 0.153. The summed E-state index contributed by atoms with van der Waals surface area (Å²) < 4.78 is 5.04. The highest BCUT2D eigenvalue weighted by molar-refractivity contribution is 6.31. The second-order valence-corrected chi connectivity index (χ2v) is 4.43. The SMILES string of the molecule is CC(c1ccncc1)C(Cl)c1ccoc1Cl. The Labute approximate surface area is 104 Å². The molecular formula is C12H11Cl2NO. The van der Waals surface area contributed by atoms with Gasteiger partial charge in [0.25, 0.3) is 0 Å². The lowest BCUT2D eigenvalue weighted by molar-refractivity contribution is 0.563. The zero-order valence-corrected chi connectivity index (χ0v) is 10.2. The molecule has 2 atom stereocenters. The maximum absolute atomic E-state index is 6.37. The molecule has 0 aliphatic heterocycles. The third-order valence-electron chi connectivity index (χ3n) is 2.61. The Morgan fingerprint density at radius 2 is 1.94 bits per heavy atom. The molecular weight excluding hydrogens is 245 g/mol. The fraction of sp³-hybridized carbons (Fsp3) is 0.250. The molecule has 2 nitrogen and oxygen atoms in total. The second-order valence-electron chi connectivity index (χ2n) is 3.62. The van der Waals surface area contributed by atoms with Crippen LogP contribution in [-0.2, 0) is 0 Å². The summed E-state index contributed by atoms with van der Waals surface area (Å²) in [6.07, 6.45) is 5.06. The van der Waals surface area contributed by atoms with Crippen LogP contribution in [-0.4, -0.2) is 4.98 Å². The van der Waals surface area contributed by atoms with Crippen LogP contribution in [0.4, 0.5) is 0 Å². The number of hydrogen-bond acceptors (Lipinski definition) is 2. The first-order chi connectivity index (χ1) is 7.70. The number of furan rings is 1. The Morgan fingerprint density at radius 3 is 2.50 bits per heavy atom. The number of alkyl halides is 1. The lowest BCUT2D eigenvalue weighted by atomic mass is 9.95. The van der Waals surface area contributed by atoms with Crippen molar-refractivity contribution in [1.29, 1.82) is 0 Å². The zero-order valence-electron chi connectivity index (χ0n) is 8.73. The van der Waals surface area contributed by atoms with Gasteiger partial charge in [-0.05, 0) is 35.4 Å². The van der Waals surface area contributed by atoms with Gasteiger partial charge in [0.1, 0.15) is 0 Å². The quantitative estimate of drug-likeness (QED) is 0.760. The summed E-state index contributed by atoms with van der Waals surface area (Å²) in [4.78, 5) is 3.98. The van der Waals surface area contributed by atoms with E-state index in [9.17, 15) is 0 Å². The van der Waals surface area contributed by atoms with Gasteiger partial charge in [-0.3, -0.25) is 4.98 Å². The molecule has 2 aromatic rings. The minimum Gasteiger partial charge on any atom is -0.453 e. The molecule has 0 N–H and O–H groups in total. The van der Waals surface area contributed by atoms with Crippen LogP contribution in [0.15, 0.2) is 41.3 Å². The first kappa shape index (κ1) is 11.5. The molecule has 0 radical (unpaired) electrons. The van der Waals surface area contributed by atoms with E-state index < -0.39 is 0 Å². The van der Waals surface area contributed by atoms with Crippen molar-refractivity contribution >= 4 is 23.2 Å². The van der Waals surface area contributed by atoms with E-state index in [1.807, 2.05) is 12.1 Å². The van der Waals surface area contributed by atoms with Gasteiger partial charge in [-0.15, -0.1) is 11.6 Å². The predicted octanol–water partition coefficient (Wildman–Crippen LogP) is 4.41. The molecule has 0 aliphatic carbocycles. The standard InChI is InChI=1S/C12H11Cl2NO/c1-8(9-2-5-15-6-3-9)11(13)10-4-7-16-12(10)14/h2-8,11H,1H3. The van der Waals surface area contributed by atoms with Gasteiger partial charge in [-0.1, -0.05) is 6.92 Å². The van der Waals surface area contributed by atoms with Crippen LogP contribution in [0, 0.1) is 0 Å². The van der Waals surface area contributed by atoms with Gasteiger partial charge in [0.05, 0.1) is 11.6 Å². The summed E-state index contributed by atoms with van der Waals surface area (Å²) in [7, 11) is 0. The molecule has 0 saturated heterocycles. The molecule has 0 amide bonds. The maximum Gasteiger partial charge on any atom is 0.197 e. The summed E-state index contributed by atoms with van der Waals surface area (Å²) in [5.41, 5.74) is 1.96. The molecule has 84 valence electrons. The van der Waals surface area contributed by atoms with Crippen molar-refractivity contribution in [2.24, 2.45) is 0 Å². The van der Waals surface area contributed by atoms with Gasteiger partial charge in [-0.25, -0.2) is 0 Å². The minimum absolute atomic E-state index is 0.153. The van der Waals surface area contributed by atoms with Crippen LogP contribution in [0.5, 0.6) is 0 Å². The van der Waals surface area contributed by atoms with Crippen LogP contribution in [0.2, 0.25) is 5.22 Å². The van der Waals surface area contributed by atoms with Gasteiger partial charge in [0, 0.05) is 23.9 Å². The first-order valence-electron chi connectivity index (χ1n) is 4.97. The van der Waals surface area contributed by atoms with Gasteiger partial charge in [-0.2, -0.15) is 0 Å². The summed E-state index contributed by atoms with van der Waals surface area (Å²) in [6.45, 7) is 2.05. The molecule has 2 aromatic heterocycles. The molecule has 4 heteroatoms. The Balaban J connectivity index is 2.23. The number of halogens is 2. The fourth-order valence-corrected chi connectivity index (χ4v) is 2.21. The molecule has 0 saturated carbocycles. The molecule has 2 rings (SSSR count). The van der Waals surface area contributed by atoms with Crippen LogP contribution in [0.25, 0.3) is 0 Å². The number of pyridine rings is 1. The van der Waals surface area contributed by atoms with Crippen LogP contribution in [0.1, 0.15) is 29.3 Å². The van der Waals surface area contributed by atoms with E-state index in [0.717, 1.165) is 11.1 Å². The highest BCUT2D eigenvalue weighted by Crippen LogP contribution is 2.39. The monoisotopic (exact) mass is 255 g/mol. The van der Waals surface area contributed by atoms with Crippen molar-refractivity contribution in [2.75, 3.05) is 0 Å². The zero-order chi connectivity index (χ0) is 11.5. The predicted molar refractivity (Wildman–Crippen MR) is 65.0 cm³/mol. The van der Waals surface area contributed by atoms with E-state index in [4.69, 9.17) is 27.6 Å². The lowest BCUT2D eigenvalue weighted by Crippen LogP contribution is -2.02. The summed E-state index contributed by atoms with van der Waals surface area (Å²) in [5, 5.41) is 0.162. The highest BCUT2D eigenvalue weighted by atomic mass is 35.5. The average Bonchev–Trinajstić information content (AvgIpc) is 2.75. The highest BCUT2D eigenvalue weighted by Gasteiger charge is 2.22. The number of rotatable bonds is 3. The van der Waals surface area contributed by atoms with Crippen LogP contribution >= 0.6 is 23.2 Å². The lowest BCUT2D eigenvalue weighted by Gasteiger charge is -2.17. The van der Waals surface area contributed by atoms with Gasteiger partial charge in [0.15, 0.2) is 5.22 Å². The summed E-state index contributed by atoms with van der Waals surface area (Å²) >= 11 is 12.3. The fourth-order valence-electron chi connectivity index (χ4n) is 1.61. The first-order valence-corrected chi connectivity index (χ1v) is 5.78. The van der Waals surface area contributed by atoms with E-state index >= 15 is 0 Å². The molecule has 0 bridgehead atoms. The molecule has 0 aromatic carbocycles. The van der Waals surface area contributed by atoms with Crippen molar-refractivity contribution in [1.82, 2.24) is 4.98 Å². The van der Waals surface area contributed by atoms with Crippen molar-refractivity contribution in [3.63, 3.8) is 0 Å².